The highest BCUT2D eigenvalue weighted by Crippen LogP contribution is 2.19. The van der Waals surface area contributed by atoms with Crippen molar-refractivity contribution in [1.82, 2.24) is 5.32 Å². The molecule has 0 bridgehead atoms. The van der Waals surface area contributed by atoms with Crippen LogP contribution in [0.25, 0.3) is 0 Å². The maximum absolute atomic E-state index is 11.5. The molecule has 0 atom stereocenters. The number of hydrogen-bond donors (Lipinski definition) is 2. The van der Waals surface area contributed by atoms with Gasteiger partial charge in [-0.3, -0.25) is 0 Å². The van der Waals surface area contributed by atoms with Crippen LogP contribution in [0.2, 0.25) is 0 Å². The van der Waals surface area contributed by atoms with Crippen LogP contribution in [0.4, 0.5) is 5.69 Å². The Kier molecular flexibility index (Phi) is 4.96. The van der Waals surface area contributed by atoms with Gasteiger partial charge >= 0.3 is 0 Å². The summed E-state index contributed by atoms with van der Waals surface area (Å²) in [5.74, 6) is 0. The fourth-order valence-electron chi connectivity index (χ4n) is 1.49. The van der Waals surface area contributed by atoms with Crippen LogP contribution in [0.5, 0.6) is 0 Å². The van der Waals surface area contributed by atoms with Crippen LogP contribution in [0, 0.1) is 0 Å². The smallest absolute Gasteiger partial charge is 0.177 e. The van der Waals surface area contributed by atoms with Crippen molar-refractivity contribution in [3.05, 3.63) is 24.3 Å². The van der Waals surface area contributed by atoms with Gasteiger partial charge in [-0.25, -0.2) is 8.42 Å². The third-order valence-corrected chi connectivity index (χ3v) is 3.43. The first-order valence-corrected chi connectivity index (χ1v) is 7.56. The third-order valence-electron chi connectivity index (χ3n) is 2.28. The number of rotatable bonds is 6. The molecular formula is C12H20N2O2S. The Hall–Kier alpha value is -1.07. The van der Waals surface area contributed by atoms with Gasteiger partial charge in [-0.05, 0) is 12.1 Å². The zero-order valence-corrected chi connectivity index (χ0v) is 11.3. The lowest BCUT2D eigenvalue weighted by Crippen LogP contribution is -2.28. The standard InChI is InChI=1S/C12H20N2O2S/c1-10(2)13-8-9-14-11-6-4-5-7-12(11)17(3,15)16/h4-7,10,13-14H,8-9H2,1-3H3. The minimum absolute atomic E-state index is 0.351. The average molecular weight is 256 g/mol. The van der Waals surface area contributed by atoms with Gasteiger partial charge < -0.3 is 10.6 Å². The molecule has 0 heterocycles. The fraction of sp³-hybridized carbons (Fsp3) is 0.500. The maximum Gasteiger partial charge on any atom is 0.177 e. The fourth-order valence-corrected chi connectivity index (χ4v) is 2.36. The Morgan fingerprint density at radius 3 is 2.41 bits per heavy atom. The van der Waals surface area contributed by atoms with Crippen molar-refractivity contribution in [2.24, 2.45) is 0 Å². The molecule has 0 radical (unpaired) electrons. The van der Waals surface area contributed by atoms with Crippen LogP contribution in [-0.4, -0.2) is 33.8 Å². The molecule has 0 spiro atoms. The lowest BCUT2D eigenvalue weighted by atomic mass is 10.3. The summed E-state index contributed by atoms with van der Waals surface area (Å²) in [7, 11) is -3.17. The molecule has 4 nitrogen and oxygen atoms in total. The van der Waals surface area contributed by atoms with Crippen LogP contribution in [-0.2, 0) is 9.84 Å². The van der Waals surface area contributed by atoms with Crippen LogP contribution in [0.3, 0.4) is 0 Å². The number of nitrogens with one attached hydrogen (secondary N) is 2. The van der Waals surface area contributed by atoms with Gasteiger partial charge in [0.05, 0.1) is 10.6 Å². The van der Waals surface area contributed by atoms with Crippen molar-refractivity contribution >= 4 is 15.5 Å². The number of benzene rings is 1. The molecule has 0 aromatic heterocycles. The Labute approximate surface area is 103 Å². The predicted octanol–water partition coefficient (Wildman–Crippen LogP) is 1.50. The Morgan fingerprint density at radius 1 is 1.18 bits per heavy atom. The zero-order chi connectivity index (χ0) is 12.9. The predicted molar refractivity (Wildman–Crippen MR) is 71.2 cm³/mol. The third kappa shape index (κ3) is 4.75. The molecule has 0 saturated carbocycles. The van der Waals surface area contributed by atoms with E-state index in [1.807, 2.05) is 6.07 Å². The van der Waals surface area contributed by atoms with Crippen molar-refractivity contribution < 1.29 is 8.42 Å². The van der Waals surface area contributed by atoms with Crippen molar-refractivity contribution in [3.8, 4) is 0 Å². The van der Waals surface area contributed by atoms with Gasteiger partial charge in [-0.2, -0.15) is 0 Å². The molecule has 0 fully saturated rings. The highest BCUT2D eigenvalue weighted by Gasteiger charge is 2.11. The monoisotopic (exact) mass is 256 g/mol. The topological polar surface area (TPSA) is 58.2 Å². The summed E-state index contributed by atoms with van der Waals surface area (Å²) in [6.07, 6.45) is 1.22. The summed E-state index contributed by atoms with van der Waals surface area (Å²) in [6, 6.07) is 7.39. The molecule has 0 aliphatic carbocycles. The summed E-state index contributed by atoms with van der Waals surface area (Å²) in [4.78, 5) is 0.351. The van der Waals surface area contributed by atoms with Gasteiger partial charge in [-0.1, -0.05) is 26.0 Å². The molecule has 0 saturated heterocycles. The molecule has 2 N–H and O–H groups in total. The highest BCUT2D eigenvalue weighted by molar-refractivity contribution is 7.90. The number of hydrogen-bond acceptors (Lipinski definition) is 4. The van der Waals surface area contributed by atoms with Crippen molar-refractivity contribution in [1.29, 1.82) is 0 Å². The quantitative estimate of drug-likeness (QED) is 0.757. The molecule has 1 aromatic rings. The molecule has 1 aromatic carbocycles. The first-order valence-electron chi connectivity index (χ1n) is 5.67. The summed E-state index contributed by atoms with van der Waals surface area (Å²) in [5, 5.41) is 6.40. The molecule has 0 aliphatic rings. The lowest BCUT2D eigenvalue weighted by molar-refractivity contribution is 0.598. The molecular weight excluding hydrogens is 236 g/mol. The molecule has 17 heavy (non-hydrogen) atoms. The Morgan fingerprint density at radius 2 is 1.82 bits per heavy atom. The van der Waals surface area contributed by atoms with Crippen LogP contribution < -0.4 is 10.6 Å². The molecule has 0 unspecified atom stereocenters. The second kappa shape index (κ2) is 6.02. The highest BCUT2D eigenvalue weighted by atomic mass is 32.2. The van der Waals surface area contributed by atoms with E-state index in [0.717, 1.165) is 6.54 Å². The van der Waals surface area contributed by atoms with E-state index in [-0.39, 0.29) is 0 Å². The summed E-state index contributed by atoms with van der Waals surface area (Å²) in [5.41, 5.74) is 0.667. The summed E-state index contributed by atoms with van der Waals surface area (Å²) in [6.45, 7) is 5.65. The molecule has 96 valence electrons. The summed E-state index contributed by atoms with van der Waals surface area (Å²) >= 11 is 0. The van der Waals surface area contributed by atoms with Crippen LogP contribution in [0.1, 0.15) is 13.8 Å². The van der Waals surface area contributed by atoms with Crippen molar-refractivity contribution in [2.45, 2.75) is 24.8 Å². The zero-order valence-electron chi connectivity index (χ0n) is 10.5. The number of para-hydroxylation sites is 1. The van der Waals surface area contributed by atoms with E-state index in [1.165, 1.54) is 6.26 Å². The second-order valence-corrected chi connectivity index (χ2v) is 6.29. The molecule has 0 amide bonds. The molecule has 1 rings (SSSR count). The average Bonchev–Trinajstić information content (AvgIpc) is 2.23. The largest absolute Gasteiger partial charge is 0.383 e. The summed E-state index contributed by atoms with van der Waals surface area (Å²) < 4.78 is 23.1. The van der Waals surface area contributed by atoms with Gasteiger partial charge in [0.1, 0.15) is 0 Å². The van der Waals surface area contributed by atoms with Gasteiger partial charge in [0, 0.05) is 25.4 Å². The van der Waals surface area contributed by atoms with Gasteiger partial charge in [0.25, 0.3) is 0 Å². The SMILES string of the molecule is CC(C)NCCNc1ccccc1S(C)(=O)=O. The van der Waals surface area contributed by atoms with Crippen molar-refractivity contribution in [3.63, 3.8) is 0 Å². The minimum atomic E-state index is -3.17. The van der Waals surface area contributed by atoms with Gasteiger partial charge in [0.15, 0.2) is 9.84 Å². The van der Waals surface area contributed by atoms with E-state index in [1.54, 1.807) is 18.2 Å². The lowest BCUT2D eigenvalue weighted by Gasteiger charge is -2.12. The van der Waals surface area contributed by atoms with E-state index < -0.39 is 9.84 Å². The second-order valence-electron chi connectivity index (χ2n) is 4.30. The number of sulfone groups is 1. The maximum atomic E-state index is 11.5. The normalized spacial score (nSPS) is 11.8. The van der Waals surface area contributed by atoms with Crippen LogP contribution >= 0.6 is 0 Å². The molecule has 5 heteroatoms. The van der Waals surface area contributed by atoms with Crippen LogP contribution in [0.15, 0.2) is 29.2 Å². The van der Waals surface area contributed by atoms with E-state index in [0.29, 0.717) is 23.2 Å². The number of anilines is 1. The van der Waals surface area contributed by atoms with Gasteiger partial charge in [-0.15, -0.1) is 0 Å². The van der Waals surface area contributed by atoms with Gasteiger partial charge in [0.2, 0.25) is 0 Å². The first-order chi connectivity index (χ1) is 7.91. The first kappa shape index (κ1) is 14.0. The molecule has 0 aliphatic heterocycles. The van der Waals surface area contributed by atoms with E-state index in [9.17, 15) is 8.42 Å². The van der Waals surface area contributed by atoms with E-state index in [2.05, 4.69) is 24.5 Å². The van der Waals surface area contributed by atoms with E-state index in [4.69, 9.17) is 0 Å². The van der Waals surface area contributed by atoms with E-state index >= 15 is 0 Å². The Balaban J connectivity index is 2.65. The van der Waals surface area contributed by atoms with Crippen molar-refractivity contribution in [2.75, 3.05) is 24.7 Å². The Bertz CT molecular complexity index is 455. The minimum Gasteiger partial charge on any atom is -0.383 e.